The van der Waals surface area contributed by atoms with E-state index in [1.54, 1.807) is 11.8 Å². The minimum Gasteiger partial charge on any atom is -0.507 e. The average Bonchev–Trinajstić information content (AvgIpc) is 3.06. The summed E-state index contributed by atoms with van der Waals surface area (Å²) in [6.45, 7) is -0.538. The summed E-state index contributed by atoms with van der Waals surface area (Å²) in [4.78, 5) is 31.2. The second-order valence-electron chi connectivity index (χ2n) is 4.92. The van der Waals surface area contributed by atoms with Gasteiger partial charge in [0.25, 0.3) is 5.91 Å². The Hall–Kier alpha value is -2.61. The monoisotopic (exact) mass is 331 g/mol. The molecule has 1 unspecified atom stereocenters. The third kappa shape index (κ3) is 2.98. The Balaban J connectivity index is 2.09. The number of carboxylic acids is 1. The van der Waals surface area contributed by atoms with Gasteiger partial charge in [-0.1, -0.05) is 6.08 Å². The minimum absolute atomic E-state index is 0.0611. The van der Waals surface area contributed by atoms with Crippen molar-refractivity contribution in [1.29, 1.82) is 0 Å². The van der Waals surface area contributed by atoms with Crippen LogP contribution in [0.2, 0.25) is 0 Å². The van der Waals surface area contributed by atoms with Gasteiger partial charge in [0.1, 0.15) is 23.4 Å². The number of carbonyl (C=O) groups excluding carboxylic acids is 1. The van der Waals surface area contributed by atoms with E-state index in [-0.39, 0.29) is 22.1 Å². The number of aliphatic carboxylic acids is 1. The van der Waals surface area contributed by atoms with Crippen LogP contribution in [0, 0.1) is 0 Å². The zero-order chi connectivity index (χ0) is 16.4. The van der Waals surface area contributed by atoms with Gasteiger partial charge in [0, 0.05) is 17.6 Å². The molecule has 1 atom stereocenters. The maximum absolute atomic E-state index is 12.2. The van der Waals surface area contributed by atoms with Crippen molar-refractivity contribution < 1.29 is 19.8 Å². The zero-order valence-electron chi connectivity index (χ0n) is 11.9. The lowest BCUT2D eigenvalue weighted by Gasteiger charge is -2.15. The molecule has 1 aliphatic heterocycles. The van der Waals surface area contributed by atoms with Crippen molar-refractivity contribution in [2.75, 3.05) is 6.54 Å². The third-order valence-electron chi connectivity index (χ3n) is 3.42. The predicted molar refractivity (Wildman–Crippen MR) is 85.3 cm³/mol. The fraction of sp³-hybridized carbons (Fsp3) is 0.200. The molecule has 1 aliphatic rings. The SMILES string of the molecule is O=C(O)CNC(=O)c1c(O)cc(C2CC=CS2)c2nccnc12. The highest BCUT2D eigenvalue weighted by Gasteiger charge is 2.24. The van der Waals surface area contributed by atoms with Crippen LogP contribution in [0.3, 0.4) is 0 Å². The standard InChI is InChI=1S/C15H13N3O4S/c19-9-6-8(10-2-1-5-23-10)13-14(17-4-3-16-13)12(9)15(22)18-7-11(20)21/h1,3-6,10,19H,2,7H2,(H,18,22)(H,20,21). The Kier molecular flexibility index (Phi) is 4.16. The van der Waals surface area contributed by atoms with E-state index in [9.17, 15) is 14.7 Å². The van der Waals surface area contributed by atoms with Gasteiger partial charge >= 0.3 is 5.97 Å². The molecule has 7 nitrogen and oxygen atoms in total. The maximum atomic E-state index is 12.2. The number of rotatable bonds is 4. The summed E-state index contributed by atoms with van der Waals surface area (Å²) in [5.41, 5.74) is 1.54. The number of allylic oxidation sites excluding steroid dienone is 1. The molecule has 0 bridgehead atoms. The van der Waals surface area contributed by atoms with Crippen LogP contribution >= 0.6 is 11.8 Å². The first kappa shape index (κ1) is 15.3. The highest BCUT2D eigenvalue weighted by atomic mass is 32.2. The molecule has 2 aromatic rings. The number of fused-ring (bicyclic) bond motifs is 1. The number of hydrogen-bond donors (Lipinski definition) is 3. The minimum atomic E-state index is -1.17. The molecule has 1 aromatic carbocycles. The molecule has 3 rings (SSSR count). The van der Waals surface area contributed by atoms with Crippen LogP contribution in [0.5, 0.6) is 5.75 Å². The second-order valence-corrected chi connectivity index (χ2v) is 6.04. The number of carbonyl (C=O) groups is 2. The van der Waals surface area contributed by atoms with Gasteiger partial charge in [-0.15, -0.1) is 11.8 Å². The Morgan fingerprint density at radius 2 is 2.04 bits per heavy atom. The Morgan fingerprint density at radius 3 is 2.70 bits per heavy atom. The average molecular weight is 331 g/mol. The number of thioether (sulfide) groups is 1. The molecule has 23 heavy (non-hydrogen) atoms. The lowest BCUT2D eigenvalue weighted by atomic mass is 10.0. The Labute approximate surface area is 135 Å². The first-order valence-corrected chi connectivity index (χ1v) is 7.79. The summed E-state index contributed by atoms with van der Waals surface area (Å²) in [6, 6.07) is 1.51. The lowest BCUT2D eigenvalue weighted by Crippen LogP contribution is -2.29. The number of carboxylic acid groups (broad SMARTS) is 1. The van der Waals surface area contributed by atoms with Crippen LogP contribution in [-0.4, -0.2) is 38.6 Å². The van der Waals surface area contributed by atoms with Crippen molar-refractivity contribution in [1.82, 2.24) is 15.3 Å². The largest absolute Gasteiger partial charge is 0.507 e. The summed E-state index contributed by atoms with van der Waals surface area (Å²) >= 11 is 1.61. The number of hydrogen-bond acceptors (Lipinski definition) is 6. The van der Waals surface area contributed by atoms with E-state index in [1.807, 2.05) is 11.5 Å². The van der Waals surface area contributed by atoms with E-state index in [4.69, 9.17) is 5.11 Å². The molecule has 1 aromatic heterocycles. The molecule has 0 radical (unpaired) electrons. The summed E-state index contributed by atoms with van der Waals surface area (Å²) in [6.07, 6.45) is 5.79. The van der Waals surface area contributed by atoms with Crippen LogP contribution < -0.4 is 5.32 Å². The van der Waals surface area contributed by atoms with E-state index in [1.165, 1.54) is 18.5 Å². The Morgan fingerprint density at radius 1 is 1.30 bits per heavy atom. The third-order valence-corrected chi connectivity index (χ3v) is 4.54. The van der Waals surface area contributed by atoms with Gasteiger partial charge in [-0.2, -0.15) is 0 Å². The van der Waals surface area contributed by atoms with E-state index in [0.717, 1.165) is 12.0 Å². The van der Waals surface area contributed by atoms with Crippen LogP contribution in [0.25, 0.3) is 11.0 Å². The number of phenolic OH excluding ortho intramolecular Hbond substituents is 1. The molecule has 1 amide bonds. The fourth-order valence-corrected chi connectivity index (χ4v) is 3.40. The van der Waals surface area contributed by atoms with Crippen LogP contribution in [-0.2, 0) is 4.79 Å². The molecule has 2 heterocycles. The van der Waals surface area contributed by atoms with Gasteiger partial charge in [-0.05, 0) is 23.5 Å². The van der Waals surface area contributed by atoms with E-state index < -0.39 is 18.4 Å². The fourth-order valence-electron chi connectivity index (χ4n) is 2.44. The van der Waals surface area contributed by atoms with Gasteiger partial charge in [-0.25, -0.2) is 0 Å². The lowest BCUT2D eigenvalue weighted by molar-refractivity contribution is -0.135. The van der Waals surface area contributed by atoms with Crippen molar-refractivity contribution in [3.63, 3.8) is 0 Å². The number of benzene rings is 1. The molecule has 8 heteroatoms. The normalized spacial score (nSPS) is 16.6. The molecular formula is C15H13N3O4S. The van der Waals surface area contributed by atoms with Crippen molar-refractivity contribution >= 4 is 34.7 Å². The molecule has 0 saturated heterocycles. The summed E-state index contributed by atoms with van der Waals surface area (Å²) in [5, 5.41) is 23.3. The van der Waals surface area contributed by atoms with Crippen LogP contribution in [0.15, 0.2) is 29.9 Å². The highest BCUT2D eigenvalue weighted by Crippen LogP contribution is 2.42. The highest BCUT2D eigenvalue weighted by molar-refractivity contribution is 8.02. The predicted octanol–water partition coefficient (Wildman–Crippen LogP) is 1.84. The maximum Gasteiger partial charge on any atom is 0.322 e. The van der Waals surface area contributed by atoms with Crippen LogP contribution in [0.1, 0.15) is 27.6 Å². The number of aromatic hydroxyl groups is 1. The zero-order valence-corrected chi connectivity index (χ0v) is 12.7. The summed E-state index contributed by atoms with van der Waals surface area (Å²) in [7, 11) is 0. The van der Waals surface area contributed by atoms with Gasteiger partial charge in [-0.3, -0.25) is 19.6 Å². The Bertz CT molecular complexity index is 814. The van der Waals surface area contributed by atoms with Crippen molar-refractivity contribution in [3.8, 4) is 5.75 Å². The quantitative estimate of drug-likeness (QED) is 0.783. The summed E-state index contributed by atoms with van der Waals surface area (Å²) < 4.78 is 0. The number of amides is 1. The van der Waals surface area contributed by atoms with Crippen molar-refractivity contribution in [2.45, 2.75) is 11.7 Å². The van der Waals surface area contributed by atoms with E-state index >= 15 is 0 Å². The first-order chi connectivity index (χ1) is 11.1. The van der Waals surface area contributed by atoms with E-state index in [0.29, 0.717) is 5.52 Å². The smallest absolute Gasteiger partial charge is 0.322 e. The second kappa shape index (κ2) is 6.25. The van der Waals surface area contributed by atoms with Crippen LogP contribution in [0.4, 0.5) is 0 Å². The molecule has 0 saturated carbocycles. The first-order valence-electron chi connectivity index (χ1n) is 6.85. The molecule has 118 valence electrons. The van der Waals surface area contributed by atoms with Crippen molar-refractivity contribution in [2.24, 2.45) is 0 Å². The molecule has 0 spiro atoms. The van der Waals surface area contributed by atoms with E-state index in [2.05, 4.69) is 15.3 Å². The molecular weight excluding hydrogens is 318 g/mol. The van der Waals surface area contributed by atoms with Gasteiger partial charge in [0.15, 0.2) is 0 Å². The summed E-state index contributed by atoms with van der Waals surface area (Å²) in [5.74, 6) is -2.10. The van der Waals surface area contributed by atoms with Gasteiger partial charge in [0.05, 0.1) is 5.52 Å². The van der Waals surface area contributed by atoms with Gasteiger partial charge in [0.2, 0.25) is 0 Å². The topological polar surface area (TPSA) is 112 Å². The molecule has 0 aliphatic carbocycles. The molecule has 3 N–H and O–H groups in total. The van der Waals surface area contributed by atoms with Gasteiger partial charge < -0.3 is 15.5 Å². The number of aromatic nitrogens is 2. The number of nitrogens with zero attached hydrogens (tertiary/aromatic N) is 2. The number of nitrogens with one attached hydrogen (secondary N) is 1. The molecule has 0 fully saturated rings. The number of phenols is 1. The van der Waals surface area contributed by atoms with Crippen molar-refractivity contribution in [3.05, 3.63) is 41.1 Å².